The summed E-state index contributed by atoms with van der Waals surface area (Å²) in [5.41, 5.74) is 0. The summed E-state index contributed by atoms with van der Waals surface area (Å²) in [4.78, 5) is 16.2. The van der Waals surface area contributed by atoms with Crippen molar-refractivity contribution in [2.45, 2.75) is 58.8 Å². The largest absolute Gasteiger partial charge is 0.325 e. The van der Waals surface area contributed by atoms with Gasteiger partial charge in [0.05, 0.1) is 0 Å². The average molecular weight is 240 g/mol. The third-order valence-electron chi connectivity index (χ3n) is 3.46. The van der Waals surface area contributed by atoms with Crippen molar-refractivity contribution in [3.63, 3.8) is 0 Å². The van der Waals surface area contributed by atoms with Crippen molar-refractivity contribution in [3.05, 3.63) is 0 Å². The van der Waals surface area contributed by atoms with Gasteiger partial charge >= 0.3 is 6.03 Å². The topological polar surface area (TPSA) is 23.6 Å². The highest BCUT2D eigenvalue weighted by molar-refractivity contribution is 5.75. The number of nitrogens with zero attached hydrogens (tertiary/aromatic N) is 2. The van der Waals surface area contributed by atoms with Crippen molar-refractivity contribution in [3.8, 4) is 0 Å². The second kappa shape index (κ2) is 8.37. The van der Waals surface area contributed by atoms with Gasteiger partial charge in [0.15, 0.2) is 0 Å². The molecule has 0 N–H and O–H groups in total. The molecule has 1 rings (SSSR count). The van der Waals surface area contributed by atoms with Crippen LogP contribution in [0.3, 0.4) is 0 Å². The van der Waals surface area contributed by atoms with Crippen molar-refractivity contribution >= 4 is 6.03 Å². The molecule has 3 nitrogen and oxygen atoms in total. The quantitative estimate of drug-likeness (QED) is 0.596. The summed E-state index contributed by atoms with van der Waals surface area (Å²) in [6, 6.07) is 0.279. The number of unbranched alkanes of at least 4 members (excludes halogenated alkanes) is 4. The number of hydrogen-bond acceptors (Lipinski definition) is 1. The van der Waals surface area contributed by atoms with E-state index in [1.807, 2.05) is 4.90 Å². The van der Waals surface area contributed by atoms with Gasteiger partial charge in [0.1, 0.15) is 0 Å². The van der Waals surface area contributed by atoms with E-state index in [1.165, 1.54) is 32.1 Å². The molecule has 0 spiro atoms. The molecular formula is C14H28N2O. The fourth-order valence-corrected chi connectivity index (χ4v) is 2.34. The molecule has 3 heteroatoms. The highest BCUT2D eigenvalue weighted by Gasteiger charge is 2.24. The highest BCUT2D eigenvalue weighted by atomic mass is 16.2. The van der Waals surface area contributed by atoms with E-state index in [0.29, 0.717) is 0 Å². The van der Waals surface area contributed by atoms with E-state index in [4.69, 9.17) is 0 Å². The minimum atomic E-state index is 0.279. The fraction of sp³-hybridized carbons (Fsp3) is 0.929. The van der Waals surface area contributed by atoms with Crippen molar-refractivity contribution < 1.29 is 4.79 Å². The molecule has 2 amide bonds. The van der Waals surface area contributed by atoms with Crippen LogP contribution in [0.4, 0.5) is 4.79 Å². The molecule has 1 saturated heterocycles. The van der Waals surface area contributed by atoms with E-state index in [0.717, 1.165) is 39.0 Å². The van der Waals surface area contributed by atoms with Crippen LogP contribution in [-0.2, 0) is 0 Å². The first-order valence-corrected chi connectivity index (χ1v) is 7.33. The summed E-state index contributed by atoms with van der Waals surface area (Å²) in [6.45, 7) is 8.23. The molecule has 1 aliphatic heterocycles. The van der Waals surface area contributed by atoms with Gasteiger partial charge in [0.2, 0.25) is 0 Å². The lowest BCUT2D eigenvalue weighted by molar-refractivity contribution is 0.128. The van der Waals surface area contributed by atoms with Gasteiger partial charge in [-0.15, -0.1) is 0 Å². The van der Waals surface area contributed by atoms with E-state index in [-0.39, 0.29) is 6.03 Å². The third-order valence-corrected chi connectivity index (χ3v) is 3.46. The molecule has 0 unspecified atom stereocenters. The van der Waals surface area contributed by atoms with Crippen molar-refractivity contribution in [2.24, 2.45) is 0 Å². The average Bonchev–Trinajstić information content (AvgIpc) is 2.35. The minimum Gasteiger partial charge on any atom is -0.325 e. The van der Waals surface area contributed by atoms with Crippen LogP contribution in [0.1, 0.15) is 58.8 Å². The normalized spacial score (nSPS) is 16.7. The first-order chi connectivity index (χ1) is 8.29. The Morgan fingerprint density at radius 3 is 2.06 bits per heavy atom. The molecule has 0 radical (unpaired) electrons. The maximum atomic E-state index is 12.1. The van der Waals surface area contributed by atoms with E-state index < -0.39 is 0 Å². The second-order valence-corrected chi connectivity index (χ2v) is 5.02. The molecule has 0 saturated carbocycles. The number of carbonyl (C=O) groups is 1. The molecule has 1 fully saturated rings. The molecule has 17 heavy (non-hydrogen) atoms. The predicted molar refractivity (Wildman–Crippen MR) is 72.2 cm³/mol. The third kappa shape index (κ3) is 4.97. The van der Waals surface area contributed by atoms with Crippen molar-refractivity contribution in [1.82, 2.24) is 9.80 Å². The van der Waals surface area contributed by atoms with Gasteiger partial charge in [-0.25, -0.2) is 4.79 Å². The maximum absolute atomic E-state index is 12.1. The lowest BCUT2D eigenvalue weighted by Gasteiger charge is -2.35. The van der Waals surface area contributed by atoms with E-state index in [2.05, 4.69) is 18.7 Å². The van der Waals surface area contributed by atoms with E-state index in [9.17, 15) is 4.79 Å². The molecule has 100 valence electrons. The van der Waals surface area contributed by atoms with Crippen LogP contribution in [-0.4, -0.2) is 42.0 Å². The highest BCUT2D eigenvalue weighted by Crippen LogP contribution is 2.12. The predicted octanol–water partition coefficient (Wildman–Crippen LogP) is 3.49. The van der Waals surface area contributed by atoms with Crippen LogP contribution in [0.15, 0.2) is 0 Å². The summed E-state index contributed by atoms with van der Waals surface area (Å²) in [5.74, 6) is 0. The Morgan fingerprint density at radius 2 is 1.47 bits per heavy atom. The first kappa shape index (κ1) is 14.3. The Balaban J connectivity index is 2.26. The van der Waals surface area contributed by atoms with Gasteiger partial charge in [-0.05, 0) is 19.3 Å². The maximum Gasteiger partial charge on any atom is 0.319 e. The number of hydrogen-bond donors (Lipinski definition) is 0. The zero-order valence-corrected chi connectivity index (χ0v) is 11.6. The summed E-state index contributed by atoms with van der Waals surface area (Å²) in [5, 5.41) is 0. The van der Waals surface area contributed by atoms with Crippen molar-refractivity contribution in [1.29, 1.82) is 0 Å². The number of rotatable bonds is 8. The van der Waals surface area contributed by atoms with Crippen LogP contribution in [0.2, 0.25) is 0 Å². The fourth-order valence-electron chi connectivity index (χ4n) is 2.34. The van der Waals surface area contributed by atoms with Crippen LogP contribution >= 0.6 is 0 Å². The molecule has 0 aromatic rings. The summed E-state index contributed by atoms with van der Waals surface area (Å²) in [7, 11) is 0. The molecule has 0 aliphatic carbocycles. The Bertz CT molecular complexity index is 218. The van der Waals surface area contributed by atoms with Gasteiger partial charge in [0, 0.05) is 26.2 Å². The molecule has 1 aliphatic rings. The Kier molecular flexibility index (Phi) is 7.06. The molecule has 0 aromatic heterocycles. The smallest absolute Gasteiger partial charge is 0.319 e. The molecule has 1 heterocycles. The lowest BCUT2D eigenvalue weighted by atomic mass is 10.2. The van der Waals surface area contributed by atoms with Crippen LogP contribution in [0, 0.1) is 0 Å². The van der Waals surface area contributed by atoms with Gasteiger partial charge in [0.25, 0.3) is 0 Å². The SMILES string of the molecule is CCCCCCN1CCCN(CCCC)C1=O. The molecule has 0 bridgehead atoms. The first-order valence-electron chi connectivity index (χ1n) is 7.33. The number of amides is 2. The molecular weight excluding hydrogens is 212 g/mol. The lowest BCUT2D eigenvalue weighted by Crippen LogP contribution is -2.49. The van der Waals surface area contributed by atoms with Gasteiger partial charge in [-0.3, -0.25) is 0 Å². The minimum absolute atomic E-state index is 0.279. The number of carbonyl (C=O) groups excluding carboxylic acids is 1. The zero-order valence-electron chi connectivity index (χ0n) is 11.6. The van der Waals surface area contributed by atoms with Gasteiger partial charge in [-0.1, -0.05) is 39.5 Å². The van der Waals surface area contributed by atoms with Gasteiger partial charge in [-0.2, -0.15) is 0 Å². The molecule has 0 aromatic carbocycles. The summed E-state index contributed by atoms with van der Waals surface area (Å²) < 4.78 is 0. The Morgan fingerprint density at radius 1 is 0.882 bits per heavy atom. The molecule has 0 atom stereocenters. The van der Waals surface area contributed by atoms with Crippen LogP contribution in [0.25, 0.3) is 0 Å². The zero-order chi connectivity index (χ0) is 12.5. The van der Waals surface area contributed by atoms with E-state index in [1.54, 1.807) is 0 Å². The summed E-state index contributed by atoms with van der Waals surface area (Å²) >= 11 is 0. The van der Waals surface area contributed by atoms with E-state index >= 15 is 0 Å². The Labute approximate surface area is 106 Å². The standard InChI is InChI=1S/C14H28N2O/c1-3-5-7-8-11-16-13-9-12-15(14(16)17)10-6-4-2/h3-13H2,1-2H3. The van der Waals surface area contributed by atoms with Crippen LogP contribution in [0.5, 0.6) is 0 Å². The monoisotopic (exact) mass is 240 g/mol. The number of urea groups is 1. The Hall–Kier alpha value is -0.730. The second-order valence-electron chi connectivity index (χ2n) is 5.02. The van der Waals surface area contributed by atoms with Crippen LogP contribution < -0.4 is 0 Å². The van der Waals surface area contributed by atoms with Crippen molar-refractivity contribution in [2.75, 3.05) is 26.2 Å². The van der Waals surface area contributed by atoms with Gasteiger partial charge < -0.3 is 9.80 Å². The summed E-state index contributed by atoms with van der Waals surface area (Å²) in [6.07, 6.45) is 8.42.